The number of fused-ring (bicyclic) bond motifs is 3. The number of rotatable bonds is 16. The average Bonchev–Trinajstić information content (AvgIpc) is 1.68. The standard InChI is InChI=1S/C25H25N5O.C24H22F3N5OS.C23H19F4N5OS/c1-17-7-6-10-21(27-17)20-15-26-29(2)25(20)23(31)13-18-11-12-30-16-22(28-24(30)14-18)19-8-4-3-5-9-19;1-13-21(23(26)27)30-24(34-13)17-11-28-31(2)22(17)19(33)8-14-6-7-32-12-18(29-20(32)9-14)15-4-3-5-16(25)10-15;1-31-21(16(10-28-31)22-30-19(12-34-22)23(25,26)27)18(33)7-13-5-6-32-11-17(29-20(32)8-13)14-3-2-4-15(24)9-14/h3-10,15-16,18H,11-14H2,1-2H3;3-5,10-12,14,23H,6-9H2,1-2H3;2-4,9-13H,5-8H2,1H3. The van der Waals surface area contributed by atoms with E-state index < -0.39 is 18.3 Å². The Kier molecular flexibility index (Phi) is 19.3. The number of ketones is 3. The van der Waals surface area contributed by atoms with Gasteiger partial charge in [-0.2, -0.15) is 28.5 Å². The number of carbonyl (C=O) groups excluding carboxylic acids is 3. The van der Waals surface area contributed by atoms with Crippen molar-refractivity contribution in [3.05, 3.63) is 208 Å². The van der Waals surface area contributed by atoms with Gasteiger partial charge >= 0.3 is 6.18 Å². The van der Waals surface area contributed by atoms with E-state index in [1.165, 1.54) is 46.0 Å². The first-order valence-electron chi connectivity index (χ1n) is 32.2. The predicted octanol–water partition coefficient (Wildman–Crippen LogP) is 15.5. The first kappa shape index (κ1) is 67.4. The van der Waals surface area contributed by atoms with Crippen LogP contribution in [0.2, 0.25) is 0 Å². The Morgan fingerprint density at radius 1 is 0.515 bits per heavy atom. The number of pyridine rings is 1. The number of Topliss-reactive ketones (excluding diaryl/α,β-unsaturated/α-hetero) is 3. The summed E-state index contributed by atoms with van der Waals surface area (Å²) in [6.07, 6.45) is 8.91. The van der Waals surface area contributed by atoms with E-state index in [1.807, 2.05) is 73.4 Å². The molecule has 3 unspecified atom stereocenters. The molecule has 0 saturated heterocycles. The van der Waals surface area contributed by atoms with Crippen molar-refractivity contribution in [2.45, 2.75) is 104 Å². The molecular formula is C72H66F7N15O3S2. The topological polar surface area (TPSA) is 197 Å². The van der Waals surface area contributed by atoms with Crippen LogP contribution in [0.3, 0.4) is 0 Å². The summed E-state index contributed by atoms with van der Waals surface area (Å²) in [5.41, 5.74) is 8.27. The lowest BCUT2D eigenvalue weighted by molar-refractivity contribution is -0.140. The molecule has 0 N–H and O–H groups in total. The molecule has 18 nitrogen and oxygen atoms in total. The highest BCUT2D eigenvalue weighted by Gasteiger charge is 2.36. The Balaban J connectivity index is 0.000000134. The van der Waals surface area contributed by atoms with Crippen LogP contribution < -0.4 is 0 Å². The maximum Gasteiger partial charge on any atom is 0.434 e. The van der Waals surface area contributed by atoms with Gasteiger partial charge in [-0.25, -0.2) is 42.5 Å². The highest BCUT2D eigenvalue weighted by molar-refractivity contribution is 7.15. The van der Waals surface area contributed by atoms with Gasteiger partial charge in [-0.1, -0.05) is 60.7 Å². The maximum atomic E-state index is 13.6. The summed E-state index contributed by atoms with van der Waals surface area (Å²) in [6.45, 7) is 5.84. The number of aryl methyl sites for hydroxylation is 8. The van der Waals surface area contributed by atoms with Crippen LogP contribution in [0, 0.1) is 43.2 Å². The van der Waals surface area contributed by atoms with Crippen LogP contribution in [0.5, 0.6) is 0 Å². The first-order valence-corrected chi connectivity index (χ1v) is 33.9. The van der Waals surface area contributed by atoms with Crippen molar-refractivity contribution in [1.82, 2.24) is 72.9 Å². The van der Waals surface area contributed by atoms with Gasteiger partial charge < -0.3 is 13.7 Å². The summed E-state index contributed by atoms with van der Waals surface area (Å²) in [5, 5.41) is 14.1. The predicted molar refractivity (Wildman–Crippen MR) is 360 cm³/mol. The third-order valence-electron chi connectivity index (χ3n) is 18.1. The van der Waals surface area contributed by atoms with Gasteiger partial charge in [0.25, 0.3) is 6.43 Å². The second-order valence-corrected chi connectivity index (χ2v) is 27.2. The molecule has 12 aromatic rings. The van der Waals surface area contributed by atoms with Crippen molar-refractivity contribution in [3.8, 4) is 66.2 Å². The molecule has 3 aromatic carbocycles. The minimum atomic E-state index is -4.55. The normalized spacial score (nSPS) is 15.7. The van der Waals surface area contributed by atoms with Crippen molar-refractivity contribution in [3.63, 3.8) is 0 Å². The number of hydrogen-bond acceptors (Lipinski definition) is 14. The number of halogens is 7. The van der Waals surface area contributed by atoms with E-state index in [2.05, 4.69) is 67.7 Å². The van der Waals surface area contributed by atoms with Gasteiger partial charge in [-0.05, 0) is 87.3 Å². The molecule has 15 rings (SSSR count). The number of alkyl halides is 5. The smallest absolute Gasteiger partial charge is 0.334 e. The zero-order valence-corrected chi connectivity index (χ0v) is 56.1. The van der Waals surface area contributed by atoms with Crippen LogP contribution in [0.4, 0.5) is 30.7 Å². The molecule has 3 aliphatic heterocycles. The highest BCUT2D eigenvalue weighted by Crippen LogP contribution is 2.39. The number of imidazole rings is 3. The number of benzene rings is 3. The van der Waals surface area contributed by atoms with Crippen LogP contribution in [-0.4, -0.2) is 90.3 Å². The van der Waals surface area contributed by atoms with Crippen molar-refractivity contribution < 1.29 is 45.1 Å². The van der Waals surface area contributed by atoms with E-state index in [0.29, 0.717) is 81.6 Å². The van der Waals surface area contributed by atoms with Crippen LogP contribution in [0.25, 0.3) is 66.2 Å². The van der Waals surface area contributed by atoms with Crippen LogP contribution >= 0.6 is 22.7 Å². The number of hydrogen-bond donors (Lipinski definition) is 0. The molecule has 99 heavy (non-hydrogen) atoms. The summed E-state index contributed by atoms with van der Waals surface area (Å²) >= 11 is 1.98. The summed E-state index contributed by atoms with van der Waals surface area (Å²) in [4.78, 5) is 66.7. The Labute approximate surface area is 571 Å². The highest BCUT2D eigenvalue weighted by atomic mass is 32.1. The van der Waals surface area contributed by atoms with Gasteiger partial charge in [0.1, 0.15) is 61.9 Å². The van der Waals surface area contributed by atoms with Crippen LogP contribution in [0.1, 0.15) is 116 Å². The molecule has 0 saturated carbocycles. The maximum absolute atomic E-state index is 13.6. The molecule has 12 heterocycles. The summed E-state index contributed by atoms with van der Waals surface area (Å²) in [5.74, 6) is 2.31. The molecule has 27 heteroatoms. The Hall–Kier alpha value is -10.2. The van der Waals surface area contributed by atoms with Crippen molar-refractivity contribution in [1.29, 1.82) is 0 Å². The molecule has 0 fully saturated rings. The van der Waals surface area contributed by atoms with Crippen LogP contribution in [-0.2, 0) is 66.2 Å². The summed E-state index contributed by atoms with van der Waals surface area (Å²) < 4.78 is 103. The fourth-order valence-electron chi connectivity index (χ4n) is 13.2. The second-order valence-electron chi connectivity index (χ2n) is 25.1. The Morgan fingerprint density at radius 2 is 0.949 bits per heavy atom. The molecule has 3 aliphatic rings. The van der Waals surface area contributed by atoms with Crippen molar-refractivity contribution in [2.24, 2.45) is 38.9 Å². The van der Waals surface area contributed by atoms with E-state index >= 15 is 0 Å². The quantitative estimate of drug-likeness (QED) is 0.0656. The molecule has 508 valence electrons. The molecule has 0 radical (unpaired) electrons. The van der Waals surface area contributed by atoms with Gasteiger partial charge in [0.15, 0.2) is 23.0 Å². The van der Waals surface area contributed by atoms with E-state index in [4.69, 9.17) is 4.98 Å². The molecule has 9 aromatic heterocycles. The van der Waals surface area contributed by atoms with Gasteiger partial charge in [0.2, 0.25) is 0 Å². The SMILES string of the molecule is Cc1cccc(-c2cnn(C)c2C(=O)CC2CCn3cc(-c4ccccc4)nc3C2)n1.Cc1sc(-c2cnn(C)c2C(=O)CC2CCn3cc(-c4cccc(F)c4)nc3C2)nc1C(F)F.Cn1ncc(-c2nc(C(F)(F)F)cs2)c1C(=O)CC1CCn2cc(-c3cccc(F)c3)nc2C1. The molecule has 0 bridgehead atoms. The first-order chi connectivity index (χ1) is 47.6. The number of aromatic nitrogens is 15. The van der Waals surface area contributed by atoms with Crippen LogP contribution in [0.15, 0.2) is 140 Å². The van der Waals surface area contributed by atoms with Gasteiger partial charge in [0.05, 0.1) is 52.5 Å². The fraction of sp³-hybridized carbons (Fsp3) is 0.306. The summed E-state index contributed by atoms with van der Waals surface area (Å²) in [7, 11) is 5.09. The number of carbonyl (C=O) groups is 3. The average molecular weight is 1390 g/mol. The largest absolute Gasteiger partial charge is 0.434 e. The second kappa shape index (κ2) is 28.4. The zero-order valence-electron chi connectivity index (χ0n) is 54.5. The lowest BCUT2D eigenvalue weighted by Crippen LogP contribution is -2.22. The lowest BCUT2D eigenvalue weighted by Gasteiger charge is -2.22. The van der Waals surface area contributed by atoms with Gasteiger partial charge in [-0.3, -0.25) is 33.4 Å². The fourth-order valence-corrected chi connectivity index (χ4v) is 14.9. The summed E-state index contributed by atoms with van der Waals surface area (Å²) in [6, 6.07) is 28.7. The lowest BCUT2D eigenvalue weighted by atomic mass is 9.90. The minimum Gasteiger partial charge on any atom is -0.334 e. The molecule has 0 aliphatic carbocycles. The number of nitrogens with zero attached hydrogens (tertiary/aromatic N) is 15. The Morgan fingerprint density at radius 3 is 1.38 bits per heavy atom. The van der Waals surface area contributed by atoms with Crippen molar-refractivity contribution in [2.75, 3.05) is 0 Å². The van der Waals surface area contributed by atoms with Gasteiger partial charge in [0, 0.05) is 136 Å². The monoisotopic (exact) mass is 1390 g/mol. The van der Waals surface area contributed by atoms with E-state index in [1.54, 1.807) is 50.1 Å². The molecule has 3 atom stereocenters. The zero-order chi connectivity index (χ0) is 69.4. The van der Waals surface area contributed by atoms with E-state index in [9.17, 15) is 45.1 Å². The molecular weight excluding hydrogens is 1320 g/mol. The van der Waals surface area contributed by atoms with Crippen molar-refractivity contribution >= 4 is 40.0 Å². The molecule has 0 amide bonds. The van der Waals surface area contributed by atoms with Gasteiger partial charge in [-0.15, -0.1) is 22.7 Å². The number of thiazole rings is 2. The Bertz CT molecular complexity index is 4960. The van der Waals surface area contributed by atoms with E-state index in [0.717, 1.165) is 118 Å². The molecule has 0 spiro atoms. The minimum absolute atomic E-state index is 0.0209. The van der Waals surface area contributed by atoms with E-state index in [-0.39, 0.29) is 69.6 Å². The third kappa shape index (κ3) is 14.8. The third-order valence-corrected chi connectivity index (χ3v) is 20.0.